The van der Waals surface area contributed by atoms with Crippen molar-refractivity contribution in [2.45, 2.75) is 6.92 Å². The predicted octanol–water partition coefficient (Wildman–Crippen LogP) is 1.92. The molecule has 0 amide bonds. The average Bonchev–Trinajstić information content (AvgIpc) is 1.82. The lowest BCUT2D eigenvalue weighted by Crippen LogP contribution is -1.90. The number of hydrogen-bond acceptors (Lipinski definition) is 3. The summed E-state index contributed by atoms with van der Waals surface area (Å²) < 4.78 is 9.36. The maximum Gasteiger partial charge on any atom is 0.230 e. The van der Waals surface area contributed by atoms with Gasteiger partial charge < -0.3 is 5.73 Å². The van der Waals surface area contributed by atoms with Crippen LogP contribution in [0.1, 0.15) is 5.56 Å². The fourth-order valence-corrected chi connectivity index (χ4v) is 0.904. The van der Waals surface area contributed by atoms with Crippen LogP contribution in [0.2, 0.25) is 0 Å². The molecule has 2 aromatic rings. The topological polar surface area (TPSA) is 52.3 Å². The summed E-state index contributed by atoms with van der Waals surface area (Å²) >= 11 is 0. The molecule has 3 nitrogen and oxygen atoms in total. The quantitative estimate of drug-likeness (QED) is 0.445. The molecule has 10 heavy (non-hydrogen) atoms. The van der Waals surface area contributed by atoms with Gasteiger partial charge in [0.1, 0.15) is 0 Å². The molecule has 0 saturated heterocycles. The van der Waals surface area contributed by atoms with Crippen LogP contribution in [-0.4, -0.2) is 0 Å². The smallest absolute Gasteiger partial charge is 0.230 e. The Morgan fingerprint density at radius 1 is 1.30 bits per heavy atom. The summed E-state index contributed by atoms with van der Waals surface area (Å²) in [5, 5.41) is 0. The molecule has 0 atom stereocenters. The molecule has 0 aliphatic carbocycles. The molecular weight excluding hydrogens is 130 g/mol. The minimum atomic E-state index is 0.738. The summed E-state index contributed by atoms with van der Waals surface area (Å²) in [7, 11) is 0. The first-order valence-electron chi connectivity index (χ1n) is 3.02. The Balaban J connectivity index is 2.84. The number of hydrogen-bond donors (Lipinski definition) is 1. The van der Waals surface area contributed by atoms with Gasteiger partial charge in [0.25, 0.3) is 0 Å². The molecule has 2 N–H and O–H groups in total. The molecule has 1 aromatic heterocycles. The van der Waals surface area contributed by atoms with Crippen LogP contribution < -0.4 is 5.73 Å². The molecule has 0 spiro atoms. The molecule has 0 bridgehead atoms. The van der Waals surface area contributed by atoms with Crippen LogP contribution in [-0.2, 0) is 0 Å². The van der Waals surface area contributed by atoms with E-state index in [9.17, 15) is 0 Å². The van der Waals surface area contributed by atoms with E-state index in [4.69, 9.17) is 10.3 Å². The Morgan fingerprint density at radius 3 is 2.60 bits per heavy atom. The molecule has 52 valence electrons. The van der Waals surface area contributed by atoms with Gasteiger partial charge in [-0.3, -0.25) is 9.15 Å². The summed E-state index contributed by atoms with van der Waals surface area (Å²) in [5.74, 6) is 0. The van der Waals surface area contributed by atoms with Crippen LogP contribution in [0.4, 0.5) is 5.69 Å². The zero-order chi connectivity index (χ0) is 7.14. The Hall–Kier alpha value is -1.38. The molecule has 2 rings (SSSR count). The van der Waals surface area contributed by atoms with Crippen molar-refractivity contribution in [3.05, 3.63) is 17.7 Å². The van der Waals surface area contributed by atoms with Crippen molar-refractivity contribution in [2.75, 3.05) is 5.73 Å². The van der Waals surface area contributed by atoms with Crippen LogP contribution in [0.3, 0.4) is 0 Å². The van der Waals surface area contributed by atoms with E-state index in [1.807, 2.05) is 6.92 Å². The number of benzene rings is 1. The summed E-state index contributed by atoms with van der Waals surface area (Å²) in [4.78, 5) is 0. The maximum absolute atomic E-state index is 5.59. The lowest BCUT2D eigenvalue weighted by molar-refractivity contribution is 0.0584. The highest BCUT2D eigenvalue weighted by atomic mass is 17.0. The molecule has 1 aromatic carbocycles. The van der Waals surface area contributed by atoms with Crippen LogP contribution in [0, 0.1) is 6.92 Å². The Labute approximate surface area is 57.3 Å². The number of nitrogens with two attached hydrogens (primary N) is 1. The first kappa shape index (κ1) is 5.41. The van der Waals surface area contributed by atoms with Crippen molar-refractivity contribution >= 4 is 16.9 Å². The molecule has 0 unspecified atom stereocenters. The number of rotatable bonds is 0. The molecule has 0 fully saturated rings. The van der Waals surface area contributed by atoms with E-state index in [1.165, 1.54) is 0 Å². The highest BCUT2D eigenvalue weighted by Crippen LogP contribution is 2.25. The van der Waals surface area contributed by atoms with Crippen LogP contribution in [0.5, 0.6) is 0 Å². The standard InChI is InChI=1S/C7H7NO2/c1-4-5(8)2-3-6-7(4)10-9-6/h2-3H,8H2,1H3. The minimum absolute atomic E-state index is 0.738. The van der Waals surface area contributed by atoms with Crippen molar-refractivity contribution in [1.29, 1.82) is 0 Å². The van der Waals surface area contributed by atoms with Gasteiger partial charge in [-0.25, -0.2) is 0 Å². The summed E-state index contributed by atoms with van der Waals surface area (Å²) in [6.45, 7) is 1.90. The van der Waals surface area contributed by atoms with Gasteiger partial charge in [-0.2, -0.15) is 0 Å². The second-order valence-corrected chi connectivity index (χ2v) is 2.27. The second-order valence-electron chi connectivity index (χ2n) is 2.27. The van der Waals surface area contributed by atoms with Gasteiger partial charge >= 0.3 is 0 Å². The number of fused-ring (bicyclic) bond motifs is 1. The molecule has 0 saturated carbocycles. The van der Waals surface area contributed by atoms with E-state index in [-0.39, 0.29) is 0 Å². The number of aryl methyl sites for hydroxylation is 1. The van der Waals surface area contributed by atoms with Crippen molar-refractivity contribution < 1.29 is 9.15 Å². The number of anilines is 1. The molecule has 0 aliphatic rings. The van der Waals surface area contributed by atoms with E-state index >= 15 is 0 Å². The third kappa shape index (κ3) is 0.492. The second kappa shape index (κ2) is 1.56. The zero-order valence-electron chi connectivity index (χ0n) is 5.55. The van der Waals surface area contributed by atoms with Crippen molar-refractivity contribution in [3.63, 3.8) is 0 Å². The highest BCUT2D eigenvalue weighted by Gasteiger charge is 2.08. The molecule has 0 aliphatic heterocycles. The lowest BCUT2D eigenvalue weighted by Gasteiger charge is -2.02. The van der Waals surface area contributed by atoms with Crippen molar-refractivity contribution in [1.82, 2.24) is 0 Å². The van der Waals surface area contributed by atoms with E-state index in [1.54, 1.807) is 12.1 Å². The van der Waals surface area contributed by atoms with Crippen molar-refractivity contribution in [3.8, 4) is 0 Å². The van der Waals surface area contributed by atoms with Gasteiger partial charge in [0.15, 0.2) is 0 Å². The van der Waals surface area contributed by atoms with Gasteiger partial charge in [0.05, 0.1) is 0 Å². The van der Waals surface area contributed by atoms with Gasteiger partial charge in [-0.1, -0.05) is 0 Å². The lowest BCUT2D eigenvalue weighted by atomic mass is 10.2. The van der Waals surface area contributed by atoms with E-state index in [0.717, 1.165) is 22.4 Å². The largest absolute Gasteiger partial charge is 0.398 e. The molecule has 1 heterocycles. The first-order chi connectivity index (χ1) is 4.79. The van der Waals surface area contributed by atoms with E-state index in [0.29, 0.717) is 0 Å². The van der Waals surface area contributed by atoms with Gasteiger partial charge in [0, 0.05) is 11.3 Å². The summed E-state index contributed by atoms with van der Waals surface area (Å²) in [6, 6.07) is 3.60. The Morgan fingerprint density at radius 2 is 2.10 bits per heavy atom. The minimum Gasteiger partial charge on any atom is -0.398 e. The average molecular weight is 137 g/mol. The van der Waals surface area contributed by atoms with Gasteiger partial charge in [-0.15, -0.1) is 0 Å². The molecule has 3 heteroatoms. The summed E-state index contributed by atoms with van der Waals surface area (Å²) in [6.07, 6.45) is 0. The normalized spacial score (nSPS) is 10.9. The third-order valence-electron chi connectivity index (χ3n) is 1.63. The van der Waals surface area contributed by atoms with Crippen LogP contribution in [0.25, 0.3) is 11.2 Å². The van der Waals surface area contributed by atoms with Gasteiger partial charge in [0.2, 0.25) is 11.2 Å². The third-order valence-corrected chi connectivity index (χ3v) is 1.63. The van der Waals surface area contributed by atoms with Crippen LogP contribution in [0.15, 0.2) is 21.3 Å². The monoisotopic (exact) mass is 137 g/mol. The van der Waals surface area contributed by atoms with Crippen molar-refractivity contribution in [2.24, 2.45) is 0 Å². The fourth-order valence-electron chi connectivity index (χ4n) is 0.904. The predicted molar refractivity (Wildman–Crippen MR) is 37.6 cm³/mol. The fraction of sp³-hybridized carbons (Fsp3) is 0.143. The Kier molecular flexibility index (Phi) is 0.845. The van der Waals surface area contributed by atoms with Gasteiger partial charge in [-0.05, 0) is 19.1 Å². The maximum atomic E-state index is 5.59. The van der Waals surface area contributed by atoms with E-state index < -0.39 is 0 Å². The van der Waals surface area contributed by atoms with E-state index in [2.05, 4.69) is 4.58 Å². The zero-order valence-corrected chi connectivity index (χ0v) is 5.55. The molecule has 0 radical (unpaired) electrons. The SMILES string of the molecule is Cc1c(N)ccc2ooc12. The Bertz CT molecular complexity index is 358. The summed E-state index contributed by atoms with van der Waals surface area (Å²) in [5.41, 5.74) is 8.81. The number of nitrogen functional groups attached to an aromatic ring is 1. The van der Waals surface area contributed by atoms with Crippen LogP contribution >= 0.6 is 0 Å². The molecular formula is C7H7NO2. The highest BCUT2D eigenvalue weighted by molar-refractivity contribution is 5.79. The first-order valence-corrected chi connectivity index (χ1v) is 3.02.